The summed E-state index contributed by atoms with van der Waals surface area (Å²) in [5.41, 5.74) is 1.83. The van der Waals surface area contributed by atoms with Crippen molar-refractivity contribution in [3.63, 3.8) is 0 Å². The lowest BCUT2D eigenvalue weighted by Gasteiger charge is -2.40. The van der Waals surface area contributed by atoms with Gasteiger partial charge >= 0.3 is 6.09 Å². The topological polar surface area (TPSA) is 88.4 Å². The molecule has 25 heavy (non-hydrogen) atoms. The zero-order valence-electron chi connectivity index (χ0n) is 14.4. The number of amides is 1. The molecule has 1 saturated carbocycles. The summed E-state index contributed by atoms with van der Waals surface area (Å²) in [7, 11) is 0. The van der Waals surface area contributed by atoms with Crippen LogP contribution < -0.4 is 15.5 Å². The average Bonchev–Trinajstić information content (AvgIpc) is 2.63. The smallest absolute Gasteiger partial charge is 0.404 e. The Kier molecular flexibility index (Phi) is 5.77. The molecule has 3 atom stereocenters. The van der Waals surface area contributed by atoms with Crippen molar-refractivity contribution in [3.05, 3.63) is 29.8 Å². The minimum absolute atomic E-state index is 0.0107. The first-order valence-corrected chi connectivity index (χ1v) is 9.16. The second-order valence-corrected chi connectivity index (χ2v) is 7.06. The van der Waals surface area contributed by atoms with Gasteiger partial charge in [0.2, 0.25) is 0 Å². The van der Waals surface area contributed by atoms with Crippen LogP contribution in [-0.4, -0.2) is 42.4 Å². The highest BCUT2D eigenvalue weighted by atomic mass is 16.4. The zero-order valence-corrected chi connectivity index (χ0v) is 14.4. The van der Waals surface area contributed by atoms with Crippen LogP contribution >= 0.6 is 0 Å². The number of nitrogens with one attached hydrogen (secondary N) is 2. The summed E-state index contributed by atoms with van der Waals surface area (Å²) in [4.78, 5) is 13.4. The highest BCUT2D eigenvalue weighted by Gasteiger charge is 2.30. The van der Waals surface area contributed by atoms with Gasteiger partial charge in [0.25, 0.3) is 0 Å². The van der Waals surface area contributed by atoms with E-state index in [1.807, 2.05) is 24.3 Å². The van der Waals surface area contributed by atoms with E-state index in [1.165, 1.54) is 0 Å². The standard InChI is InChI=1S/C19H26N4O2/c20-12-14-7-9-16(10-8-14)23-11-3-4-15(13-23)21-17-5-1-2-6-18(17)22-19(24)25/h7-10,15,17-18,21-22H,1-6,11,13H2,(H,24,25). The normalized spacial score (nSPS) is 26.7. The number of hydrogen-bond donors (Lipinski definition) is 3. The molecule has 2 fully saturated rings. The second kappa shape index (κ2) is 8.21. The van der Waals surface area contributed by atoms with Crippen molar-refractivity contribution < 1.29 is 9.90 Å². The first-order chi connectivity index (χ1) is 12.2. The lowest BCUT2D eigenvalue weighted by molar-refractivity contribution is 0.176. The molecule has 3 N–H and O–H groups in total. The molecule has 3 unspecified atom stereocenters. The van der Waals surface area contributed by atoms with Gasteiger partial charge in [0, 0.05) is 36.9 Å². The predicted octanol–water partition coefficient (Wildman–Crippen LogP) is 2.70. The van der Waals surface area contributed by atoms with E-state index >= 15 is 0 Å². The molecule has 0 aromatic heterocycles. The Morgan fingerprint density at radius 2 is 1.84 bits per heavy atom. The number of anilines is 1. The molecule has 1 heterocycles. The third-order valence-corrected chi connectivity index (χ3v) is 5.31. The minimum atomic E-state index is -0.929. The number of nitrogens with zero attached hydrogens (tertiary/aromatic N) is 2. The number of carboxylic acid groups (broad SMARTS) is 1. The fourth-order valence-electron chi connectivity index (χ4n) is 4.06. The molecular formula is C19H26N4O2. The zero-order chi connectivity index (χ0) is 17.6. The molecule has 1 saturated heterocycles. The lowest BCUT2D eigenvalue weighted by atomic mass is 9.89. The third kappa shape index (κ3) is 4.64. The SMILES string of the molecule is N#Cc1ccc(N2CCCC(NC3CCCCC3NC(=O)O)C2)cc1. The van der Waals surface area contributed by atoms with E-state index in [0.717, 1.165) is 57.3 Å². The van der Waals surface area contributed by atoms with Gasteiger partial charge in [-0.25, -0.2) is 4.79 Å². The van der Waals surface area contributed by atoms with Gasteiger partial charge in [-0.2, -0.15) is 5.26 Å². The Morgan fingerprint density at radius 1 is 1.12 bits per heavy atom. The van der Waals surface area contributed by atoms with E-state index in [0.29, 0.717) is 11.6 Å². The molecule has 0 bridgehead atoms. The van der Waals surface area contributed by atoms with Gasteiger partial charge in [-0.1, -0.05) is 12.8 Å². The molecule has 1 aliphatic carbocycles. The number of nitriles is 1. The number of piperidine rings is 1. The molecule has 1 amide bonds. The van der Waals surface area contributed by atoms with E-state index < -0.39 is 6.09 Å². The number of benzene rings is 1. The van der Waals surface area contributed by atoms with E-state index in [9.17, 15) is 4.79 Å². The van der Waals surface area contributed by atoms with Crippen LogP contribution in [0.5, 0.6) is 0 Å². The largest absolute Gasteiger partial charge is 0.465 e. The summed E-state index contributed by atoms with van der Waals surface area (Å²) in [6.45, 7) is 1.94. The van der Waals surface area contributed by atoms with Gasteiger partial charge in [0.05, 0.1) is 11.6 Å². The first kappa shape index (κ1) is 17.6. The molecule has 134 valence electrons. The molecule has 0 radical (unpaired) electrons. The Bertz CT molecular complexity index is 625. The number of carbonyl (C=O) groups is 1. The maximum atomic E-state index is 11.0. The van der Waals surface area contributed by atoms with Crippen molar-refractivity contribution >= 4 is 11.8 Å². The highest BCUT2D eigenvalue weighted by Crippen LogP contribution is 2.23. The Hall–Kier alpha value is -2.26. The fraction of sp³-hybridized carbons (Fsp3) is 0.579. The van der Waals surface area contributed by atoms with Crippen LogP contribution in [-0.2, 0) is 0 Å². The Balaban J connectivity index is 1.60. The van der Waals surface area contributed by atoms with Crippen molar-refractivity contribution in [3.8, 4) is 6.07 Å². The van der Waals surface area contributed by atoms with Crippen LogP contribution in [0.2, 0.25) is 0 Å². The summed E-state index contributed by atoms with van der Waals surface area (Å²) in [5, 5.41) is 24.4. The predicted molar refractivity (Wildman–Crippen MR) is 96.7 cm³/mol. The minimum Gasteiger partial charge on any atom is -0.465 e. The van der Waals surface area contributed by atoms with Crippen molar-refractivity contribution in [1.82, 2.24) is 10.6 Å². The second-order valence-electron chi connectivity index (χ2n) is 7.06. The summed E-state index contributed by atoms with van der Waals surface area (Å²) in [6.07, 6.45) is 5.48. The van der Waals surface area contributed by atoms with Crippen LogP contribution in [0.3, 0.4) is 0 Å². The number of rotatable bonds is 4. The Morgan fingerprint density at radius 3 is 2.52 bits per heavy atom. The van der Waals surface area contributed by atoms with Gasteiger partial charge in [0.1, 0.15) is 0 Å². The van der Waals surface area contributed by atoms with Crippen LogP contribution in [0.15, 0.2) is 24.3 Å². The monoisotopic (exact) mass is 342 g/mol. The molecule has 6 heteroatoms. The van der Waals surface area contributed by atoms with Gasteiger partial charge in [-0.05, 0) is 49.9 Å². The van der Waals surface area contributed by atoms with Gasteiger partial charge in [-0.3, -0.25) is 0 Å². The molecule has 2 aliphatic rings. The van der Waals surface area contributed by atoms with Crippen LogP contribution in [0.4, 0.5) is 10.5 Å². The van der Waals surface area contributed by atoms with Crippen LogP contribution in [0.25, 0.3) is 0 Å². The molecule has 1 aliphatic heterocycles. The maximum Gasteiger partial charge on any atom is 0.404 e. The molecular weight excluding hydrogens is 316 g/mol. The van der Waals surface area contributed by atoms with E-state index in [4.69, 9.17) is 10.4 Å². The van der Waals surface area contributed by atoms with Crippen molar-refractivity contribution in [2.75, 3.05) is 18.0 Å². The summed E-state index contributed by atoms with van der Waals surface area (Å²) in [6, 6.07) is 10.5. The fourth-order valence-corrected chi connectivity index (χ4v) is 4.06. The van der Waals surface area contributed by atoms with E-state index in [-0.39, 0.29) is 12.1 Å². The van der Waals surface area contributed by atoms with E-state index in [1.54, 1.807) is 0 Å². The van der Waals surface area contributed by atoms with Gasteiger partial charge in [-0.15, -0.1) is 0 Å². The molecule has 1 aromatic rings. The highest BCUT2D eigenvalue weighted by molar-refractivity contribution is 5.65. The summed E-state index contributed by atoms with van der Waals surface area (Å²) in [5.74, 6) is 0. The van der Waals surface area contributed by atoms with E-state index in [2.05, 4.69) is 21.6 Å². The summed E-state index contributed by atoms with van der Waals surface area (Å²) >= 11 is 0. The number of hydrogen-bond acceptors (Lipinski definition) is 4. The molecule has 0 spiro atoms. The van der Waals surface area contributed by atoms with Gasteiger partial charge < -0.3 is 20.6 Å². The third-order valence-electron chi connectivity index (χ3n) is 5.31. The first-order valence-electron chi connectivity index (χ1n) is 9.16. The van der Waals surface area contributed by atoms with Crippen LogP contribution in [0, 0.1) is 11.3 Å². The van der Waals surface area contributed by atoms with Crippen molar-refractivity contribution in [2.24, 2.45) is 0 Å². The quantitative estimate of drug-likeness (QED) is 0.783. The van der Waals surface area contributed by atoms with Crippen molar-refractivity contribution in [2.45, 2.75) is 56.7 Å². The average molecular weight is 342 g/mol. The van der Waals surface area contributed by atoms with Crippen molar-refractivity contribution in [1.29, 1.82) is 5.26 Å². The molecule has 3 rings (SSSR count). The maximum absolute atomic E-state index is 11.0. The summed E-state index contributed by atoms with van der Waals surface area (Å²) < 4.78 is 0. The van der Waals surface area contributed by atoms with Gasteiger partial charge in [0.15, 0.2) is 0 Å². The molecule has 6 nitrogen and oxygen atoms in total. The van der Waals surface area contributed by atoms with Crippen LogP contribution in [0.1, 0.15) is 44.1 Å². The Labute approximate surface area is 148 Å². The lowest BCUT2D eigenvalue weighted by Crippen LogP contribution is -2.57. The molecule has 1 aromatic carbocycles.